The zero-order valence-electron chi connectivity index (χ0n) is 13.9. The lowest BCUT2D eigenvalue weighted by molar-refractivity contribution is -0.134. The van der Waals surface area contributed by atoms with Crippen LogP contribution in [0.3, 0.4) is 0 Å². The number of likely N-dealkylation sites (tertiary alicyclic amines) is 1. The van der Waals surface area contributed by atoms with E-state index in [1.807, 2.05) is 4.90 Å². The monoisotopic (exact) mass is 340 g/mol. The summed E-state index contributed by atoms with van der Waals surface area (Å²) in [6.45, 7) is 3.54. The first-order valence-electron chi connectivity index (χ1n) is 8.98. The molecule has 3 fully saturated rings. The zero-order chi connectivity index (χ0) is 16.1. The molecule has 130 valence electrons. The number of amides is 2. The fourth-order valence-corrected chi connectivity index (χ4v) is 4.95. The van der Waals surface area contributed by atoms with Crippen LogP contribution in [0.25, 0.3) is 0 Å². The summed E-state index contributed by atoms with van der Waals surface area (Å²) in [4.78, 5) is 28.7. The third-order valence-electron chi connectivity index (χ3n) is 5.38. The molecule has 0 bridgehead atoms. The first kappa shape index (κ1) is 17.1. The number of carbonyl (C=O) groups excluding carboxylic acids is 2. The molecule has 0 N–H and O–H groups in total. The molecule has 0 radical (unpaired) electrons. The van der Waals surface area contributed by atoms with Gasteiger partial charge in [0.05, 0.1) is 24.7 Å². The Labute approximate surface area is 143 Å². The van der Waals surface area contributed by atoms with Crippen molar-refractivity contribution in [3.05, 3.63) is 0 Å². The van der Waals surface area contributed by atoms with Gasteiger partial charge >= 0.3 is 0 Å². The van der Waals surface area contributed by atoms with Crippen LogP contribution in [0.5, 0.6) is 0 Å². The molecular weight excluding hydrogens is 312 g/mol. The van der Waals surface area contributed by atoms with Gasteiger partial charge in [-0.2, -0.15) is 0 Å². The Morgan fingerprint density at radius 1 is 0.913 bits per heavy atom. The fourth-order valence-electron chi connectivity index (χ4n) is 4.15. The zero-order valence-corrected chi connectivity index (χ0v) is 14.7. The molecule has 3 rings (SSSR count). The minimum atomic E-state index is 0.139. The maximum Gasteiger partial charge on any atom is 0.232 e. The molecule has 1 saturated carbocycles. The summed E-state index contributed by atoms with van der Waals surface area (Å²) in [6, 6.07) is 0.473. The number of rotatable bonds is 4. The molecule has 0 aromatic rings. The second-order valence-electron chi connectivity index (χ2n) is 6.83. The van der Waals surface area contributed by atoms with E-state index >= 15 is 0 Å². The lowest BCUT2D eigenvalue weighted by atomic mass is 9.78. The van der Waals surface area contributed by atoms with Gasteiger partial charge in [0.25, 0.3) is 0 Å². The van der Waals surface area contributed by atoms with Gasteiger partial charge in [-0.3, -0.25) is 9.59 Å². The number of thioether (sulfide) groups is 1. The Morgan fingerprint density at radius 2 is 1.61 bits per heavy atom. The fraction of sp³-hybridized carbons (Fsp3) is 0.882. The Bertz CT molecular complexity index is 424. The Morgan fingerprint density at radius 3 is 2.43 bits per heavy atom. The van der Waals surface area contributed by atoms with Crippen molar-refractivity contribution in [2.45, 2.75) is 44.6 Å². The van der Waals surface area contributed by atoms with Crippen molar-refractivity contribution in [2.24, 2.45) is 5.92 Å². The van der Waals surface area contributed by atoms with Gasteiger partial charge in [0.1, 0.15) is 0 Å². The quantitative estimate of drug-likeness (QED) is 0.782. The molecule has 2 aliphatic heterocycles. The molecule has 3 aliphatic rings. The Balaban J connectivity index is 1.42. The minimum Gasteiger partial charge on any atom is -0.378 e. The van der Waals surface area contributed by atoms with Crippen molar-refractivity contribution in [2.75, 3.05) is 44.4 Å². The minimum absolute atomic E-state index is 0.139. The van der Waals surface area contributed by atoms with Gasteiger partial charge in [-0.25, -0.2) is 0 Å². The summed E-state index contributed by atoms with van der Waals surface area (Å²) < 4.78 is 5.26. The van der Waals surface area contributed by atoms with E-state index in [1.165, 1.54) is 43.9 Å². The van der Waals surface area contributed by atoms with Gasteiger partial charge in [-0.05, 0) is 31.6 Å². The SMILES string of the molecule is O=C(CSCC(=O)N1CCC[C@@H]2CCCC[C@H]21)N1CCOCC1. The van der Waals surface area contributed by atoms with Gasteiger partial charge in [0, 0.05) is 25.7 Å². The lowest BCUT2D eigenvalue weighted by Crippen LogP contribution is -2.50. The molecule has 2 atom stereocenters. The van der Waals surface area contributed by atoms with E-state index in [0.29, 0.717) is 43.9 Å². The summed E-state index contributed by atoms with van der Waals surface area (Å²) in [5.74, 6) is 1.95. The van der Waals surface area contributed by atoms with E-state index in [-0.39, 0.29) is 11.8 Å². The number of ether oxygens (including phenoxy) is 1. The van der Waals surface area contributed by atoms with Gasteiger partial charge in [-0.1, -0.05) is 12.8 Å². The van der Waals surface area contributed by atoms with Crippen LogP contribution in [0, 0.1) is 5.92 Å². The number of carbonyl (C=O) groups is 2. The lowest BCUT2D eigenvalue weighted by Gasteiger charge is -2.44. The molecule has 0 aromatic heterocycles. The third kappa shape index (κ3) is 4.41. The Hall–Kier alpha value is -0.750. The highest BCUT2D eigenvalue weighted by molar-refractivity contribution is 8.00. The van der Waals surface area contributed by atoms with Crippen LogP contribution >= 0.6 is 11.8 Å². The molecule has 5 nitrogen and oxygen atoms in total. The largest absolute Gasteiger partial charge is 0.378 e. The topological polar surface area (TPSA) is 49.9 Å². The Kier molecular flexibility index (Phi) is 6.22. The van der Waals surface area contributed by atoms with Crippen molar-refractivity contribution >= 4 is 23.6 Å². The summed E-state index contributed by atoms with van der Waals surface area (Å²) in [5.41, 5.74) is 0. The van der Waals surface area contributed by atoms with Crippen LogP contribution in [-0.4, -0.2) is 72.0 Å². The maximum atomic E-state index is 12.6. The van der Waals surface area contributed by atoms with Crippen LogP contribution in [0.1, 0.15) is 38.5 Å². The molecule has 0 spiro atoms. The molecule has 0 aromatic carbocycles. The predicted molar refractivity (Wildman–Crippen MR) is 91.4 cm³/mol. The third-order valence-corrected chi connectivity index (χ3v) is 6.28. The van der Waals surface area contributed by atoms with Crippen LogP contribution in [-0.2, 0) is 14.3 Å². The summed E-state index contributed by atoms with van der Waals surface area (Å²) in [6.07, 6.45) is 7.48. The molecular formula is C17H28N2O3S. The standard InChI is InChI=1S/C17H28N2O3S/c20-16(18-8-10-22-11-9-18)12-23-13-17(21)19-7-3-5-14-4-1-2-6-15(14)19/h14-15H,1-13H2/t14-,15+/m0/s1. The van der Waals surface area contributed by atoms with Gasteiger partial charge < -0.3 is 14.5 Å². The van der Waals surface area contributed by atoms with Crippen molar-refractivity contribution in [1.29, 1.82) is 0 Å². The average molecular weight is 340 g/mol. The number of hydrogen-bond donors (Lipinski definition) is 0. The van der Waals surface area contributed by atoms with Crippen molar-refractivity contribution < 1.29 is 14.3 Å². The van der Waals surface area contributed by atoms with Crippen LogP contribution in [0.4, 0.5) is 0 Å². The van der Waals surface area contributed by atoms with E-state index in [0.717, 1.165) is 18.9 Å². The van der Waals surface area contributed by atoms with Gasteiger partial charge in [-0.15, -0.1) is 11.8 Å². The first-order valence-corrected chi connectivity index (χ1v) is 10.1. The smallest absolute Gasteiger partial charge is 0.232 e. The highest BCUT2D eigenvalue weighted by atomic mass is 32.2. The van der Waals surface area contributed by atoms with E-state index < -0.39 is 0 Å². The molecule has 1 aliphatic carbocycles. The molecule has 23 heavy (non-hydrogen) atoms. The molecule has 2 saturated heterocycles. The highest BCUT2D eigenvalue weighted by Crippen LogP contribution is 2.35. The van der Waals surface area contributed by atoms with Crippen molar-refractivity contribution in [1.82, 2.24) is 9.80 Å². The number of nitrogens with zero attached hydrogens (tertiary/aromatic N) is 2. The predicted octanol–water partition coefficient (Wildman–Crippen LogP) is 1.76. The van der Waals surface area contributed by atoms with Crippen LogP contribution in [0.2, 0.25) is 0 Å². The van der Waals surface area contributed by atoms with Crippen LogP contribution < -0.4 is 0 Å². The number of morpholine rings is 1. The second-order valence-corrected chi connectivity index (χ2v) is 7.81. The summed E-state index contributed by atoms with van der Waals surface area (Å²) in [5, 5.41) is 0. The van der Waals surface area contributed by atoms with Gasteiger partial charge in [0.15, 0.2) is 0 Å². The van der Waals surface area contributed by atoms with Crippen LogP contribution in [0.15, 0.2) is 0 Å². The maximum absolute atomic E-state index is 12.6. The molecule has 2 heterocycles. The molecule has 2 amide bonds. The van der Waals surface area contributed by atoms with Crippen molar-refractivity contribution in [3.8, 4) is 0 Å². The van der Waals surface area contributed by atoms with E-state index in [4.69, 9.17) is 4.74 Å². The highest BCUT2D eigenvalue weighted by Gasteiger charge is 2.35. The molecule has 6 heteroatoms. The average Bonchev–Trinajstić information content (AvgIpc) is 2.61. The number of fused-ring (bicyclic) bond motifs is 1. The van der Waals surface area contributed by atoms with Crippen molar-refractivity contribution in [3.63, 3.8) is 0 Å². The first-order chi connectivity index (χ1) is 11.3. The number of piperidine rings is 1. The summed E-state index contributed by atoms with van der Waals surface area (Å²) >= 11 is 1.47. The van der Waals surface area contributed by atoms with Gasteiger partial charge in [0.2, 0.25) is 11.8 Å². The van der Waals surface area contributed by atoms with E-state index in [1.54, 1.807) is 0 Å². The normalized spacial score (nSPS) is 28.3. The molecule has 0 unspecified atom stereocenters. The van der Waals surface area contributed by atoms with E-state index in [9.17, 15) is 9.59 Å². The number of hydrogen-bond acceptors (Lipinski definition) is 4. The summed E-state index contributed by atoms with van der Waals surface area (Å²) in [7, 11) is 0. The second kappa shape index (κ2) is 8.38. The van der Waals surface area contributed by atoms with E-state index in [2.05, 4.69) is 4.90 Å².